The first-order chi connectivity index (χ1) is 9.83. The van der Waals surface area contributed by atoms with Crippen molar-refractivity contribution in [3.8, 4) is 5.75 Å². The largest absolute Gasteiger partial charge is 0.493 e. The van der Waals surface area contributed by atoms with E-state index in [1.54, 1.807) is 7.11 Å². The van der Waals surface area contributed by atoms with Crippen molar-refractivity contribution in [3.63, 3.8) is 0 Å². The van der Waals surface area contributed by atoms with Crippen LogP contribution >= 0.6 is 12.6 Å². The fourth-order valence-corrected chi connectivity index (χ4v) is 2.38. The van der Waals surface area contributed by atoms with E-state index in [1.165, 1.54) is 5.56 Å². The molecule has 0 aliphatic carbocycles. The van der Waals surface area contributed by atoms with Gasteiger partial charge < -0.3 is 9.47 Å². The molecule has 1 atom stereocenters. The molecular formula is C17H20O2S. The maximum atomic E-state index is 5.90. The molecule has 0 aromatic heterocycles. The van der Waals surface area contributed by atoms with Crippen LogP contribution in [0.2, 0.25) is 0 Å². The second-order valence-corrected chi connectivity index (χ2v) is 5.05. The molecule has 0 spiro atoms. The van der Waals surface area contributed by atoms with E-state index >= 15 is 0 Å². The fraction of sp³-hybridized carbons (Fsp3) is 0.294. The Morgan fingerprint density at radius 2 is 1.85 bits per heavy atom. The van der Waals surface area contributed by atoms with Gasteiger partial charge in [0.25, 0.3) is 0 Å². The van der Waals surface area contributed by atoms with Gasteiger partial charge >= 0.3 is 0 Å². The molecule has 2 rings (SSSR count). The van der Waals surface area contributed by atoms with Crippen molar-refractivity contribution in [2.45, 2.75) is 12.5 Å². The summed E-state index contributed by atoms with van der Waals surface area (Å²) in [6.45, 7) is 1.23. The fourth-order valence-electron chi connectivity index (χ4n) is 2.07. The van der Waals surface area contributed by atoms with E-state index in [4.69, 9.17) is 9.47 Å². The van der Waals surface area contributed by atoms with Crippen LogP contribution in [0.1, 0.15) is 17.0 Å². The summed E-state index contributed by atoms with van der Waals surface area (Å²) >= 11 is 4.43. The van der Waals surface area contributed by atoms with Crippen molar-refractivity contribution in [1.82, 2.24) is 0 Å². The van der Waals surface area contributed by atoms with Gasteiger partial charge in [0, 0.05) is 18.8 Å². The van der Waals surface area contributed by atoms with Crippen LogP contribution in [-0.2, 0) is 11.3 Å². The number of rotatable bonds is 7. The van der Waals surface area contributed by atoms with Crippen LogP contribution in [0, 0.1) is 0 Å². The van der Waals surface area contributed by atoms with Crippen molar-refractivity contribution in [1.29, 1.82) is 0 Å². The summed E-state index contributed by atoms with van der Waals surface area (Å²) in [5, 5.41) is 0. The van der Waals surface area contributed by atoms with E-state index in [0.29, 0.717) is 19.1 Å². The van der Waals surface area contributed by atoms with Crippen molar-refractivity contribution in [2.75, 3.05) is 19.5 Å². The highest BCUT2D eigenvalue weighted by molar-refractivity contribution is 7.80. The van der Waals surface area contributed by atoms with Gasteiger partial charge in [0.1, 0.15) is 5.75 Å². The smallest absolute Gasteiger partial charge is 0.119 e. The quantitative estimate of drug-likeness (QED) is 0.778. The Balaban J connectivity index is 1.98. The molecule has 0 aliphatic heterocycles. The molecule has 2 aromatic rings. The van der Waals surface area contributed by atoms with Gasteiger partial charge in [-0.25, -0.2) is 0 Å². The molecule has 0 bridgehead atoms. The van der Waals surface area contributed by atoms with Gasteiger partial charge in [-0.1, -0.05) is 42.5 Å². The van der Waals surface area contributed by atoms with E-state index in [1.807, 2.05) is 42.5 Å². The maximum absolute atomic E-state index is 5.90. The first-order valence-corrected chi connectivity index (χ1v) is 7.33. The Morgan fingerprint density at radius 3 is 2.55 bits per heavy atom. The van der Waals surface area contributed by atoms with Gasteiger partial charge in [0.2, 0.25) is 0 Å². The second-order valence-electron chi connectivity index (χ2n) is 4.68. The third-order valence-electron chi connectivity index (χ3n) is 3.15. The van der Waals surface area contributed by atoms with E-state index < -0.39 is 0 Å². The van der Waals surface area contributed by atoms with Gasteiger partial charge in [-0.3, -0.25) is 0 Å². The number of methoxy groups -OCH3 is 1. The molecule has 0 fully saturated rings. The van der Waals surface area contributed by atoms with Crippen LogP contribution in [0.4, 0.5) is 0 Å². The third-order valence-corrected chi connectivity index (χ3v) is 3.59. The summed E-state index contributed by atoms with van der Waals surface area (Å²) in [7, 11) is 1.69. The number of benzene rings is 2. The lowest BCUT2D eigenvalue weighted by Gasteiger charge is -2.16. The zero-order valence-corrected chi connectivity index (χ0v) is 12.6. The molecule has 0 radical (unpaired) electrons. The lowest BCUT2D eigenvalue weighted by atomic mass is 10.0. The molecule has 0 aliphatic rings. The maximum Gasteiger partial charge on any atom is 0.119 e. The van der Waals surface area contributed by atoms with Gasteiger partial charge in [0.05, 0.1) is 13.2 Å². The zero-order chi connectivity index (χ0) is 14.2. The average molecular weight is 288 g/mol. The summed E-state index contributed by atoms with van der Waals surface area (Å²) < 4.78 is 11.0. The molecule has 2 nitrogen and oxygen atoms in total. The van der Waals surface area contributed by atoms with Crippen LogP contribution < -0.4 is 4.74 Å². The van der Waals surface area contributed by atoms with E-state index in [0.717, 1.165) is 17.1 Å². The van der Waals surface area contributed by atoms with E-state index in [-0.39, 0.29) is 0 Å². The van der Waals surface area contributed by atoms with Crippen LogP contribution in [0.5, 0.6) is 5.75 Å². The van der Waals surface area contributed by atoms with Crippen LogP contribution in [0.3, 0.4) is 0 Å². The van der Waals surface area contributed by atoms with E-state index in [2.05, 4.69) is 24.8 Å². The standard InChI is InChI=1S/C17H20O2S/c1-18-11-14-6-5-9-17(10-14)19-12-16(13-20)15-7-3-2-4-8-15/h2-10,16,20H,11-13H2,1H3. The van der Waals surface area contributed by atoms with Crippen molar-refractivity contribution in [2.24, 2.45) is 0 Å². The Bertz CT molecular complexity index is 513. The molecule has 20 heavy (non-hydrogen) atoms. The molecule has 1 unspecified atom stereocenters. The summed E-state index contributed by atoms with van der Waals surface area (Å²) in [4.78, 5) is 0. The molecule has 0 heterocycles. The highest BCUT2D eigenvalue weighted by Gasteiger charge is 2.10. The highest BCUT2D eigenvalue weighted by atomic mass is 32.1. The minimum atomic E-state index is 0.297. The molecule has 0 saturated heterocycles. The van der Waals surface area contributed by atoms with Gasteiger partial charge in [-0.05, 0) is 23.3 Å². The van der Waals surface area contributed by atoms with Crippen LogP contribution in [-0.4, -0.2) is 19.5 Å². The van der Waals surface area contributed by atoms with Crippen LogP contribution in [0.15, 0.2) is 54.6 Å². The Morgan fingerprint density at radius 1 is 1.05 bits per heavy atom. The zero-order valence-electron chi connectivity index (χ0n) is 11.7. The Hall–Kier alpha value is -1.45. The van der Waals surface area contributed by atoms with Crippen molar-refractivity contribution in [3.05, 3.63) is 65.7 Å². The highest BCUT2D eigenvalue weighted by Crippen LogP contribution is 2.20. The molecule has 0 saturated carbocycles. The summed E-state index contributed by atoms with van der Waals surface area (Å²) in [6.07, 6.45) is 0. The summed E-state index contributed by atoms with van der Waals surface area (Å²) in [5.74, 6) is 1.94. The van der Waals surface area contributed by atoms with Gasteiger partial charge in [-0.15, -0.1) is 0 Å². The number of hydrogen-bond acceptors (Lipinski definition) is 3. The molecular weight excluding hydrogens is 268 g/mol. The monoisotopic (exact) mass is 288 g/mol. The molecule has 0 N–H and O–H groups in total. The first kappa shape index (κ1) is 14.9. The topological polar surface area (TPSA) is 18.5 Å². The van der Waals surface area contributed by atoms with Crippen LogP contribution in [0.25, 0.3) is 0 Å². The molecule has 106 valence electrons. The predicted octanol–water partition coefficient (Wildman–Crippen LogP) is 3.93. The van der Waals surface area contributed by atoms with Gasteiger partial charge in [-0.2, -0.15) is 12.6 Å². The summed E-state index contributed by atoms with van der Waals surface area (Å²) in [6, 6.07) is 18.4. The Labute approximate surface area is 126 Å². The minimum absolute atomic E-state index is 0.297. The SMILES string of the molecule is COCc1cccc(OCC(CS)c2ccccc2)c1. The number of ether oxygens (including phenoxy) is 2. The Kier molecular flexibility index (Phi) is 5.96. The lowest BCUT2D eigenvalue weighted by molar-refractivity contribution is 0.184. The minimum Gasteiger partial charge on any atom is -0.493 e. The molecule has 2 aromatic carbocycles. The summed E-state index contributed by atoms with van der Waals surface area (Å²) in [5.41, 5.74) is 2.38. The predicted molar refractivity (Wildman–Crippen MR) is 85.7 cm³/mol. The van der Waals surface area contributed by atoms with Crippen molar-refractivity contribution >= 4 is 12.6 Å². The third kappa shape index (κ3) is 4.29. The van der Waals surface area contributed by atoms with Gasteiger partial charge in [0.15, 0.2) is 0 Å². The number of hydrogen-bond donors (Lipinski definition) is 1. The second kappa shape index (κ2) is 7.98. The lowest BCUT2D eigenvalue weighted by Crippen LogP contribution is -2.12. The van der Waals surface area contributed by atoms with Crippen molar-refractivity contribution < 1.29 is 9.47 Å². The van der Waals surface area contributed by atoms with E-state index in [9.17, 15) is 0 Å². The number of thiol groups is 1. The first-order valence-electron chi connectivity index (χ1n) is 6.70. The molecule has 0 amide bonds. The average Bonchev–Trinajstić information content (AvgIpc) is 2.50. The normalized spacial score (nSPS) is 12.1. The molecule has 3 heteroatoms.